The molecule has 1 unspecified atom stereocenters. The Balaban J connectivity index is 0.00000220. The summed E-state index contributed by atoms with van der Waals surface area (Å²) in [6.45, 7) is 1.44. The highest BCUT2D eigenvalue weighted by molar-refractivity contribution is 7.90. The minimum absolute atomic E-state index is 0. The first-order valence-electron chi connectivity index (χ1n) is 6.22. The third-order valence-corrected chi connectivity index (χ3v) is 6.53. The molecule has 120 valence electrons. The Kier molecular flexibility index (Phi) is 5.79. The van der Waals surface area contributed by atoms with Gasteiger partial charge in [0.05, 0.1) is 9.79 Å². The second-order valence-corrected chi connectivity index (χ2v) is 8.92. The van der Waals surface area contributed by atoms with Gasteiger partial charge >= 0.3 is 0 Å². The molecular formula is C12H19ClN2O4S2. The summed E-state index contributed by atoms with van der Waals surface area (Å²) in [7, 11) is -5.35. The normalized spacial score (nSPS) is 19.5. The van der Waals surface area contributed by atoms with Crippen molar-refractivity contribution in [2.75, 3.05) is 26.4 Å². The van der Waals surface area contributed by atoms with E-state index >= 15 is 0 Å². The van der Waals surface area contributed by atoms with Crippen LogP contribution in [-0.4, -0.2) is 53.6 Å². The third kappa shape index (κ3) is 3.95. The van der Waals surface area contributed by atoms with Gasteiger partial charge in [0.1, 0.15) is 0 Å². The molecule has 1 saturated heterocycles. The Morgan fingerprint density at radius 2 is 1.62 bits per heavy atom. The molecule has 1 aromatic rings. The first kappa shape index (κ1) is 18.4. The zero-order chi connectivity index (χ0) is 15.0. The van der Waals surface area contributed by atoms with E-state index in [1.165, 1.54) is 28.6 Å². The number of hydrogen-bond acceptors (Lipinski definition) is 5. The smallest absolute Gasteiger partial charge is 0.243 e. The number of sulfonamides is 1. The molecule has 0 aliphatic carbocycles. The van der Waals surface area contributed by atoms with Crippen LogP contribution in [0, 0.1) is 0 Å². The summed E-state index contributed by atoms with van der Waals surface area (Å²) < 4.78 is 48.9. The summed E-state index contributed by atoms with van der Waals surface area (Å²) in [5, 5.41) is 3.12. The fourth-order valence-electron chi connectivity index (χ4n) is 2.17. The molecule has 1 aliphatic rings. The summed E-state index contributed by atoms with van der Waals surface area (Å²) in [6.07, 6.45) is 1.87. The van der Waals surface area contributed by atoms with Crippen molar-refractivity contribution in [2.45, 2.75) is 22.3 Å². The highest BCUT2D eigenvalue weighted by atomic mass is 35.5. The lowest BCUT2D eigenvalue weighted by Crippen LogP contribution is -2.38. The molecule has 0 bridgehead atoms. The van der Waals surface area contributed by atoms with Crippen LogP contribution in [0.2, 0.25) is 0 Å². The Bertz CT molecular complexity index is 680. The average Bonchev–Trinajstić information content (AvgIpc) is 2.90. The van der Waals surface area contributed by atoms with E-state index in [9.17, 15) is 16.8 Å². The van der Waals surface area contributed by atoms with Gasteiger partial charge in [-0.25, -0.2) is 16.8 Å². The Labute approximate surface area is 131 Å². The minimum atomic E-state index is -3.59. The number of hydrogen-bond donors (Lipinski definition) is 1. The molecule has 1 atom stereocenters. The molecule has 1 N–H and O–H groups in total. The van der Waals surface area contributed by atoms with E-state index in [1.807, 2.05) is 0 Å². The van der Waals surface area contributed by atoms with Gasteiger partial charge in [0, 0.05) is 25.9 Å². The van der Waals surface area contributed by atoms with Gasteiger partial charge in [-0.15, -0.1) is 12.4 Å². The van der Waals surface area contributed by atoms with Gasteiger partial charge in [-0.1, -0.05) is 0 Å². The van der Waals surface area contributed by atoms with E-state index in [0.29, 0.717) is 6.54 Å². The van der Waals surface area contributed by atoms with Gasteiger partial charge in [0.15, 0.2) is 9.84 Å². The maximum atomic E-state index is 12.4. The molecule has 0 radical (unpaired) electrons. The molecule has 2 rings (SSSR count). The Morgan fingerprint density at radius 1 is 1.10 bits per heavy atom. The summed E-state index contributed by atoms with van der Waals surface area (Å²) in [5.74, 6) is 0. The highest BCUT2D eigenvalue weighted by Crippen LogP contribution is 2.20. The molecular weight excluding hydrogens is 336 g/mol. The van der Waals surface area contributed by atoms with Crippen molar-refractivity contribution in [3.8, 4) is 0 Å². The van der Waals surface area contributed by atoms with Crippen LogP contribution in [0.5, 0.6) is 0 Å². The topological polar surface area (TPSA) is 83.6 Å². The number of benzene rings is 1. The SMILES string of the molecule is CN(C1CCNC1)S(=O)(=O)c1ccc(S(C)(=O)=O)cc1.Cl. The number of halogens is 1. The Morgan fingerprint density at radius 3 is 2.05 bits per heavy atom. The van der Waals surface area contributed by atoms with E-state index in [2.05, 4.69) is 5.32 Å². The number of nitrogens with zero attached hydrogens (tertiary/aromatic N) is 1. The van der Waals surface area contributed by atoms with Crippen LogP contribution in [0.1, 0.15) is 6.42 Å². The maximum Gasteiger partial charge on any atom is 0.243 e. The van der Waals surface area contributed by atoms with Gasteiger partial charge in [0.25, 0.3) is 0 Å². The Hall–Kier alpha value is -0.670. The van der Waals surface area contributed by atoms with Gasteiger partial charge in [-0.05, 0) is 37.2 Å². The maximum absolute atomic E-state index is 12.4. The van der Waals surface area contributed by atoms with Crippen LogP contribution in [-0.2, 0) is 19.9 Å². The lowest BCUT2D eigenvalue weighted by atomic mass is 10.3. The van der Waals surface area contributed by atoms with Gasteiger partial charge < -0.3 is 5.32 Å². The molecule has 1 fully saturated rings. The van der Waals surface area contributed by atoms with Crippen LogP contribution in [0.4, 0.5) is 0 Å². The molecule has 1 heterocycles. The predicted molar refractivity (Wildman–Crippen MR) is 83.0 cm³/mol. The van der Waals surface area contributed by atoms with Crippen molar-refractivity contribution in [3.63, 3.8) is 0 Å². The van der Waals surface area contributed by atoms with Crippen molar-refractivity contribution in [2.24, 2.45) is 0 Å². The van der Waals surface area contributed by atoms with Gasteiger partial charge in [-0.3, -0.25) is 0 Å². The molecule has 1 aliphatic heterocycles. The number of likely N-dealkylation sites (N-methyl/N-ethyl adjacent to an activating group) is 1. The van der Waals surface area contributed by atoms with Crippen molar-refractivity contribution < 1.29 is 16.8 Å². The standard InChI is InChI=1S/C12H18N2O4S2.ClH/c1-14(10-7-8-13-9-10)20(17,18)12-5-3-11(4-6-12)19(2,15)16;/h3-6,10,13H,7-9H2,1-2H3;1H. The van der Waals surface area contributed by atoms with Crippen molar-refractivity contribution >= 4 is 32.3 Å². The molecule has 0 aromatic heterocycles. The number of nitrogens with one attached hydrogen (secondary N) is 1. The lowest BCUT2D eigenvalue weighted by molar-refractivity contribution is 0.387. The van der Waals surface area contributed by atoms with Gasteiger partial charge in [0.2, 0.25) is 10.0 Å². The van der Waals surface area contributed by atoms with E-state index in [-0.39, 0.29) is 28.2 Å². The quantitative estimate of drug-likeness (QED) is 0.851. The largest absolute Gasteiger partial charge is 0.315 e. The van der Waals surface area contributed by atoms with E-state index < -0.39 is 19.9 Å². The zero-order valence-electron chi connectivity index (χ0n) is 11.8. The summed E-state index contributed by atoms with van der Waals surface area (Å²) in [6, 6.07) is 5.26. The number of sulfone groups is 1. The van der Waals surface area contributed by atoms with E-state index in [1.54, 1.807) is 7.05 Å². The predicted octanol–water partition coefficient (Wildman–Crippen LogP) is 0.494. The first-order chi connectivity index (χ1) is 9.23. The molecule has 6 nitrogen and oxygen atoms in total. The third-order valence-electron chi connectivity index (χ3n) is 3.48. The summed E-state index contributed by atoms with van der Waals surface area (Å²) in [4.78, 5) is 0.223. The minimum Gasteiger partial charge on any atom is -0.315 e. The number of rotatable bonds is 4. The van der Waals surface area contributed by atoms with Crippen LogP contribution in [0.3, 0.4) is 0 Å². The molecule has 0 spiro atoms. The molecule has 0 amide bonds. The second kappa shape index (κ2) is 6.62. The monoisotopic (exact) mass is 354 g/mol. The van der Waals surface area contributed by atoms with Crippen LogP contribution in [0.15, 0.2) is 34.1 Å². The fraction of sp³-hybridized carbons (Fsp3) is 0.500. The zero-order valence-corrected chi connectivity index (χ0v) is 14.3. The second-order valence-electron chi connectivity index (χ2n) is 4.91. The average molecular weight is 355 g/mol. The summed E-state index contributed by atoms with van der Waals surface area (Å²) in [5.41, 5.74) is 0. The van der Waals surface area contributed by atoms with E-state index in [0.717, 1.165) is 19.2 Å². The van der Waals surface area contributed by atoms with Crippen LogP contribution >= 0.6 is 12.4 Å². The molecule has 21 heavy (non-hydrogen) atoms. The van der Waals surface area contributed by atoms with E-state index in [4.69, 9.17) is 0 Å². The fourth-order valence-corrected chi connectivity index (χ4v) is 4.19. The van der Waals surface area contributed by atoms with Crippen LogP contribution in [0.25, 0.3) is 0 Å². The summed E-state index contributed by atoms with van der Waals surface area (Å²) >= 11 is 0. The molecule has 9 heteroatoms. The first-order valence-corrected chi connectivity index (χ1v) is 9.55. The van der Waals surface area contributed by atoms with Crippen molar-refractivity contribution in [1.82, 2.24) is 9.62 Å². The van der Waals surface area contributed by atoms with Crippen molar-refractivity contribution in [3.05, 3.63) is 24.3 Å². The van der Waals surface area contributed by atoms with Crippen molar-refractivity contribution in [1.29, 1.82) is 0 Å². The molecule has 0 saturated carbocycles. The highest BCUT2D eigenvalue weighted by Gasteiger charge is 2.29. The van der Waals surface area contributed by atoms with Gasteiger partial charge in [-0.2, -0.15) is 4.31 Å². The molecule has 1 aromatic carbocycles. The van der Waals surface area contributed by atoms with Crippen LogP contribution < -0.4 is 5.32 Å². The lowest BCUT2D eigenvalue weighted by Gasteiger charge is -2.23.